The van der Waals surface area contributed by atoms with Crippen molar-refractivity contribution < 1.29 is 9.59 Å². The van der Waals surface area contributed by atoms with Gasteiger partial charge in [-0.2, -0.15) is 10.5 Å². The van der Waals surface area contributed by atoms with Crippen LogP contribution in [0.25, 0.3) is 11.8 Å². The topological polar surface area (TPSA) is 143 Å². The van der Waals surface area contributed by atoms with Gasteiger partial charge < -0.3 is 16.0 Å². The maximum absolute atomic E-state index is 12.8. The molecule has 0 bridgehead atoms. The molecule has 1 aromatic heterocycles. The average Bonchev–Trinajstić information content (AvgIpc) is 3.44. The van der Waals surface area contributed by atoms with E-state index in [0.29, 0.717) is 22.5 Å². The molecule has 176 valence electrons. The van der Waals surface area contributed by atoms with E-state index in [1.807, 2.05) is 6.07 Å². The first-order chi connectivity index (χ1) is 16.5. The number of nitrogens with zero attached hydrogens (tertiary/aromatic N) is 4. The van der Waals surface area contributed by atoms with E-state index in [1.165, 1.54) is 10.8 Å². The van der Waals surface area contributed by atoms with Crippen molar-refractivity contribution in [3.05, 3.63) is 43.8 Å². The standard InChI is InChI=1S/C23H25N7O3S/c1-2-30-22(33)19(34-23(30)18(13-25)21(32)26-9-8-24)14-27-16-6-5-7-17(12-16)28-20(31)15-29-10-3-4-11-29/h5-7,12,14,27H,2-4,9-11,15H2,1H3,(H,26,32)(H,28,31). The molecule has 1 aliphatic heterocycles. The highest BCUT2D eigenvalue weighted by molar-refractivity contribution is 7.07. The van der Waals surface area contributed by atoms with Crippen LogP contribution in [0.4, 0.5) is 11.4 Å². The zero-order chi connectivity index (χ0) is 24.5. The molecule has 2 aromatic rings. The number of hydrogen-bond donors (Lipinski definition) is 3. The molecule has 0 saturated carbocycles. The fraction of sp³-hybridized carbons (Fsp3) is 0.348. The van der Waals surface area contributed by atoms with E-state index < -0.39 is 5.91 Å². The smallest absolute Gasteiger partial charge is 0.270 e. The first-order valence-corrected chi connectivity index (χ1v) is 11.7. The Morgan fingerprint density at radius 1 is 1.21 bits per heavy atom. The number of nitrogens with one attached hydrogen (secondary N) is 3. The summed E-state index contributed by atoms with van der Waals surface area (Å²) in [5, 5.41) is 26.4. The van der Waals surface area contributed by atoms with Gasteiger partial charge in [0.25, 0.3) is 11.5 Å². The minimum Gasteiger partial charge on any atom is -0.360 e. The Balaban J connectivity index is 1.82. The summed E-state index contributed by atoms with van der Waals surface area (Å²) in [4.78, 5) is 39.5. The van der Waals surface area contributed by atoms with Crippen LogP contribution in [0.15, 0.2) is 29.1 Å². The van der Waals surface area contributed by atoms with Crippen molar-refractivity contribution in [2.75, 3.05) is 36.8 Å². The number of thiazole rings is 1. The van der Waals surface area contributed by atoms with Crippen molar-refractivity contribution in [1.29, 1.82) is 10.5 Å². The molecule has 0 spiro atoms. The van der Waals surface area contributed by atoms with Crippen LogP contribution in [0, 0.1) is 22.7 Å². The summed E-state index contributed by atoms with van der Waals surface area (Å²) in [5.41, 5.74) is 0.731. The van der Waals surface area contributed by atoms with Crippen LogP contribution in [0.5, 0.6) is 0 Å². The molecule has 10 nitrogen and oxygen atoms in total. The molecule has 3 rings (SSSR count). The molecule has 0 aliphatic carbocycles. The second kappa shape index (κ2) is 11.8. The number of benzene rings is 1. The van der Waals surface area contributed by atoms with Crippen molar-refractivity contribution >= 4 is 46.3 Å². The van der Waals surface area contributed by atoms with Crippen molar-refractivity contribution in [2.24, 2.45) is 0 Å². The summed E-state index contributed by atoms with van der Waals surface area (Å²) in [6.07, 6.45) is 3.74. The van der Waals surface area contributed by atoms with E-state index in [1.54, 1.807) is 37.3 Å². The van der Waals surface area contributed by atoms with Crippen LogP contribution in [-0.2, 0) is 16.1 Å². The molecular weight excluding hydrogens is 454 g/mol. The Hall–Kier alpha value is -3.93. The average molecular weight is 480 g/mol. The Labute approximate surface area is 200 Å². The normalized spacial score (nSPS) is 14.7. The Morgan fingerprint density at radius 3 is 2.62 bits per heavy atom. The number of rotatable bonds is 8. The van der Waals surface area contributed by atoms with Crippen molar-refractivity contribution in [1.82, 2.24) is 14.8 Å². The summed E-state index contributed by atoms with van der Waals surface area (Å²) in [6, 6.07) is 10.7. The van der Waals surface area contributed by atoms with Gasteiger partial charge in [0.1, 0.15) is 21.8 Å². The van der Waals surface area contributed by atoms with Gasteiger partial charge >= 0.3 is 0 Å². The lowest BCUT2D eigenvalue weighted by molar-refractivity contribution is -0.117. The largest absolute Gasteiger partial charge is 0.360 e. The SMILES string of the molecule is CCn1c(=C(C#N)C(=O)NCC#N)sc(=CNc2cccc(NC(=O)CN3CCCC3)c2)c1=O. The molecule has 3 N–H and O–H groups in total. The second-order valence-electron chi connectivity index (χ2n) is 7.55. The van der Waals surface area contributed by atoms with Gasteiger partial charge in [-0.05, 0) is 51.1 Å². The number of amides is 2. The number of aromatic nitrogens is 1. The van der Waals surface area contributed by atoms with Crippen LogP contribution in [0.3, 0.4) is 0 Å². The molecule has 0 unspecified atom stereocenters. The summed E-state index contributed by atoms with van der Waals surface area (Å²) >= 11 is 1.01. The minimum absolute atomic E-state index is 0.0778. The highest BCUT2D eigenvalue weighted by Gasteiger charge is 2.16. The lowest BCUT2D eigenvalue weighted by Gasteiger charge is -2.14. The third-order valence-electron chi connectivity index (χ3n) is 5.19. The van der Waals surface area contributed by atoms with Crippen molar-refractivity contribution in [2.45, 2.75) is 26.3 Å². The lowest BCUT2D eigenvalue weighted by Crippen LogP contribution is -2.34. The van der Waals surface area contributed by atoms with Gasteiger partial charge in [-0.25, -0.2) is 0 Å². The molecule has 1 aromatic carbocycles. The molecule has 0 radical (unpaired) electrons. The Kier molecular flexibility index (Phi) is 8.57. The molecule has 1 fully saturated rings. The fourth-order valence-corrected chi connectivity index (χ4v) is 4.66. The van der Waals surface area contributed by atoms with Gasteiger partial charge in [0.05, 0.1) is 12.6 Å². The molecule has 34 heavy (non-hydrogen) atoms. The third-order valence-corrected chi connectivity index (χ3v) is 6.32. The number of anilines is 2. The molecule has 1 saturated heterocycles. The Morgan fingerprint density at radius 2 is 1.94 bits per heavy atom. The summed E-state index contributed by atoms with van der Waals surface area (Å²) in [6.45, 7) is 4.01. The van der Waals surface area contributed by atoms with Gasteiger partial charge in [-0.3, -0.25) is 23.9 Å². The number of nitriles is 2. The molecule has 0 atom stereocenters. The van der Waals surface area contributed by atoms with Crippen molar-refractivity contribution in [3.63, 3.8) is 0 Å². The molecule has 1 aliphatic rings. The monoisotopic (exact) mass is 479 g/mol. The quantitative estimate of drug-likeness (QED) is 0.457. The summed E-state index contributed by atoms with van der Waals surface area (Å²) in [5.74, 6) is -0.782. The van der Waals surface area contributed by atoms with Crippen LogP contribution in [0.1, 0.15) is 19.8 Å². The van der Waals surface area contributed by atoms with E-state index in [0.717, 1.165) is 37.3 Å². The molecule has 2 heterocycles. The minimum atomic E-state index is -0.704. The van der Waals surface area contributed by atoms with Gasteiger partial charge in [-0.15, -0.1) is 11.3 Å². The molecule has 11 heteroatoms. The number of hydrogen-bond acceptors (Lipinski definition) is 8. The zero-order valence-electron chi connectivity index (χ0n) is 18.8. The van der Waals surface area contributed by atoms with Gasteiger partial charge in [0, 0.05) is 24.1 Å². The van der Waals surface area contributed by atoms with E-state index in [4.69, 9.17) is 5.26 Å². The van der Waals surface area contributed by atoms with Crippen LogP contribution < -0.4 is 30.7 Å². The number of carbonyl (C=O) groups excluding carboxylic acids is 2. The first-order valence-electron chi connectivity index (χ1n) is 10.8. The molecule has 2 amide bonds. The van der Waals surface area contributed by atoms with E-state index in [2.05, 4.69) is 20.9 Å². The van der Waals surface area contributed by atoms with E-state index in [9.17, 15) is 19.6 Å². The first kappa shape index (κ1) is 24.7. The lowest BCUT2D eigenvalue weighted by atomic mass is 10.2. The van der Waals surface area contributed by atoms with Crippen molar-refractivity contribution in [3.8, 4) is 12.1 Å². The number of likely N-dealkylation sites (tertiary alicyclic amines) is 1. The predicted octanol–water partition coefficient (Wildman–Crippen LogP) is 0.128. The zero-order valence-corrected chi connectivity index (χ0v) is 19.6. The maximum Gasteiger partial charge on any atom is 0.270 e. The van der Waals surface area contributed by atoms with Gasteiger partial charge in [0.2, 0.25) is 5.91 Å². The molecular formula is C23H25N7O3S. The highest BCUT2D eigenvalue weighted by Crippen LogP contribution is 2.15. The van der Waals surface area contributed by atoms with Crippen LogP contribution in [-0.4, -0.2) is 47.5 Å². The van der Waals surface area contributed by atoms with E-state index in [-0.39, 0.29) is 34.8 Å². The van der Waals surface area contributed by atoms with Gasteiger partial charge in [0.15, 0.2) is 5.57 Å². The highest BCUT2D eigenvalue weighted by atomic mass is 32.1. The van der Waals surface area contributed by atoms with Crippen LogP contribution in [0.2, 0.25) is 0 Å². The maximum atomic E-state index is 12.8. The Bertz CT molecular complexity index is 1320. The summed E-state index contributed by atoms with van der Waals surface area (Å²) < 4.78 is 1.88. The summed E-state index contributed by atoms with van der Waals surface area (Å²) in [7, 11) is 0. The van der Waals surface area contributed by atoms with Crippen LogP contribution >= 0.6 is 11.3 Å². The number of carbonyl (C=O) groups is 2. The third kappa shape index (κ3) is 6.10. The predicted molar refractivity (Wildman–Crippen MR) is 130 cm³/mol. The fourth-order valence-electron chi connectivity index (χ4n) is 3.58. The van der Waals surface area contributed by atoms with E-state index >= 15 is 0 Å². The second-order valence-corrected chi connectivity index (χ2v) is 8.58. The van der Waals surface area contributed by atoms with Gasteiger partial charge in [-0.1, -0.05) is 6.07 Å².